The lowest BCUT2D eigenvalue weighted by Gasteiger charge is -2.17. The number of ether oxygens (including phenoxy) is 1. The predicted octanol–water partition coefficient (Wildman–Crippen LogP) is 3.90. The number of aryl methyl sites for hydroxylation is 1. The smallest absolute Gasteiger partial charge is 0.288 e. The van der Waals surface area contributed by atoms with Gasteiger partial charge in [-0.25, -0.2) is 0 Å². The van der Waals surface area contributed by atoms with E-state index in [1.54, 1.807) is 30.3 Å². The summed E-state index contributed by atoms with van der Waals surface area (Å²) in [5.41, 5.74) is 2.24. The molecule has 136 valence electrons. The Bertz CT molecular complexity index is 813. The van der Waals surface area contributed by atoms with Crippen molar-refractivity contribution in [2.24, 2.45) is 0 Å². The van der Waals surface area contributed by atoms with E-state index < -0.39 is 5.76 Å². The number of benzene rings is 2. The fraction of sp³-hybridized carbons (Fsp3) is 0.222. The number of rotatable bonds is 6. The molecule has 0 atom stereocenters. The standard InChI is InChI=1S/C18H16F2N2O3S/c19-18(20)26-14-5-2-12(3-6-14)21-17(24)10-25-13-4-7-15-11(9-13)1-8-16(23)22-15/h2-7,9,18H,1,8,10H2,(H,21,24)(H,22,23). The Hall–Kier alpha value is -2.61. The molecule has 2 aromatic carbocycles. The third-order valence-electron chi connectivity index (χ3n) is 3.71. The largest absolute Gasteiger partial charge is 0.484 e. The van der Waals surface area contributed by atoms with Gasteiger partial charge in [-0.3, -0.25) is 9.59 Å². The number of amides is 2. The first-order chi connectivity index (χ1) is 12.5. The summed E-state index contributed by atoms with van der Waals surface area (Å²) in [6.45, 7) is -0.182. The van der Waals surface area contributed by atoms with Crippen LogP contribution in [0.3, 0.4) is 0 Å². The average Bonchev–Trinajstić information content (AvgIpc) is 2.61. The molecule has 0 fully saturated rings. The van der Waals surface area contributed by atoms with E-state index in [4.69, 9.17) is 4.74 Å². The molecule has 2 aromatic rings. The summed E-state index contributed by atoms with van der Waals surface area (Å²) in [7, 11) is 0. The predicted molar refractivity (Wildman–Crippen MR) is 95.8 cm³/mol. The highest BCUT2D eigenvalue weighted by Crippen LogP contribution is 2.27. The van der Waals surface area contributed by atoms with E-state index >= 15 is 0 Å². The maximum Gasteiger partial charge on any atom is 0.288 e. The highest BCUT2D eigenvalue weighted by Gasteiger charge is 2.15. The van der Waals surface area contributed by atoms with Crippen LogP contribution < -0.4 is 15.4 Å². The minimum atomic E-state index is -2.48. The van der Waals surface area contributed by atoms with E-state index in [2.05, 4.69) is 10.6 Å². The van der Waals surface area contributed by atoms with E-state index in [0.717, 1.165) is 11.3 Å². The number of alkyl halides is 2. The molecule has 5 nitrogen and oxygen atoms in total. The zero-order valence-corrected chi connectivity index (χ0v) is 14.4. The van der Waals surface area contributed by atoms with Crippen LogP contribution in [0.1, 0.15) is 12.0 Å². The van der Waals surface area contributed by atoms with Gasteiger partial charge in [-0.05, 0) is 54.4 Å². The first kappa shape index (κ1) is 18.2. The molecule has 1 aliphatic heterocycles. The quantitative estimate of drug-likeness (QED) is 0.748. The lowest BCUT2D eigenvalue weighted by molar-refractivity contribution is -0.118. The second-order valence-corrected chi connectivity index (χ2v) is 6.67. The Kier molecular flexibility index (Phi) is 5.72. The Labute approximate surface area is 153 Å². The first-order valence-corrected chi connectivity index (χ1v) is 8.78. The molecule has 0 saturated carbocycles. The number of hydrogen-bond donors (Lipinski definition) is 2. The summed E-state index contributed by atoms with van der Waals surface area (Å²) in [5, 5.41) is 5.42. The zero-order valence-electron chi connectivity index (χ0n) is 13.6. The van der Waals surface area contributed by atoms with Crippen molar-refractivity contribution in [2.75, 3.05) is 17.2 Å². The van der Waals surface area contributed by atoms with Gasteiger partial charge in [-0.1, -0.05) is 11.8 Å². The van der Waals surface area contributed by atoms with E-state index in [1.807, 2.05) is 0 Å². The van der Waals surface area contributed by atoms with Crippen molar-refractivity contribution in [2.45, 2.75) is 23.5 Å². The molecule has 0 spiro atoms. The fourth-order valence-electron chi connectivity index (χ4n) is 2.52. The van der Waals surface area contributed by atoms with Crippen LogP contribution in [-0.2, 0) is 16.0 Å². The number of fused-ring (bicyclic) bond motifs is 1. The Morgan fingerprint density at radius 1 is 1.19 bits per heavy atom. The van der Waals surface area contributed by atoms with Crippen LogP contribution in [0.4, 0.5) is 20.2 Å². The van der Waals surface area contributed by atoms with Crippen molar-refractivity contribution in [3.8, 4) is 5.75 Å². The Morgan fingerprint density at radius 2 is 1.96 bits per heavy atom. The first-order valence-electron chi connectivity index (χ1n) is 7.90. The van der Waals surface area contributed by atoms with Gasteiger partial charge in [0.2, 0.25) is 5.91 Å². The summed E-state index contributed by atoms with van der Waals surface area (Å²) in [6, 6.07) is 11.4. The monoisotopic (exact) mass is 378 g/mol. The second-order valence-electron chi connectivity index (χ2n) is 5.61. The molecule has 0 saturated heterocycles. The third-order valence-corrected chi connectivity index (χ3v) is 4.43. The minimum Gasteiger partial charge on any atom is -0.484 e. The average molecular weight is 378 g/mol. The van der Waals surface area contributed by atoms with E-state index in [-0.39, 0.29) is 18.4 Å². The molecule has 2 N–H and O–H groups in total. The lowest BCUT2D eigenvalue weighted by Crippen LogP contribution is -2.21. The molecule has 1 heterocycles. The van der Waals surface area contributed by atoms with Crippen molar-refractivity contribution in [1.82, 2.24) is 0 Å². The molecular weight excluding hydrogens is 362 g/mol. The normalized spacial score (nSPS) is 13.1. The molecule has 0 bridgehead atoms. The second kappa shape index (κ2) is 8.18. The molecule has 26 heavy (non-hydrogen) atoms. The highest BCUT2D eigenvalue weighted by molar-refractivity contribution is 7.99. The van der Waals surface area contributed by atoms with E-state index in [0.29, 0.717) is 40.9 Å². The number of carbonyl (C=O) groups excluding carboxylic acids is 2. The van der Waals surface area contributed by atoms with Gasteiger partial charge < -0.3 is 15.4 Å². The van der Waals surface area contributed by atoms with Gasteiger partial charge in [-0.2, -0.15) is 8.78 Å². The number of nitrogens with one attached hydrogen (secondary N) is 2. The summed E-state index contributed by atoms with van der Waals surface area (Å²) in [5.74, 6) is -2.30. The summed E-state index contributed by atoms with van der Waals surface area (Å²) in [6.07, 6.45) is 1.06. The number of hydrogen-bond acceptors (Lipinski definition) is 4. The van der Waals surface area contributed by atoms with Crippen molar-refractivity contribution in [3.63, 3.8) is 0 Å². The van der Waals surface area contributed by atoms with Crippen LogP contribution >= 0.6 is 11.8 Å². The van der Waals surface area contributed by atoms with Crippen molar-refractivity contribution in [1.29, 1.82) is 0 Å². The molecule has 0 aliphatic carbocycles. The van der Waals surface area contributed by atoms with E-state index in [9.17, 15) is 18.4 Å². The van der Waals surface area contributed by atoms with Gasteiger partial charge in [0.05, 0.1) is 0 Å². The maximum absolute atomic E-state index is 12.3. The van der Waals surface area contributed by atoms with Crippen LogP contribution in [0, 0.1) is 0 Å². The van der Waals surface area contributed by atoms with Crippen molar-refractivity contribution < 1.29 is 23.1 Å². The minimum absolute atomic E-state index is 0.0106. The summed E-state index contributed by atoms with van der Waals surface area (Å²) >= 11 is 0.448. The number of anilines is 2. The molecule has 3 rings (SSSR count). The summed E-state index contributed by atoms with van der Waals surface area (Å²) < 4.78 is 30.0. The van der Waals surface area contributed by atoms with Crippen molar-refractivity contribution >= 4 is 35.0 Å². The number of halogens is 2. The van der Waals surface area contributed by atoms with Gasteiger partial charge in [-0.15, -0.1) is 0 Å². The molecule has 0 unspecified atom stereocenters. The van der Waals surface area contributed by atoms with E-state index in [1.165, 1.54) is 12.1 Å². The molecule has 2 amide bonds. The molecule has 0 aromatic heterocycles. The molecule has 1 aliphatic rings. The van der Waals surface area contributed by atoms with Crippen LogP contribution in [-0.4, -0.2) is 24.2 Å². The Balaban J connectivity index is 1.52. The number of thioether (sulfide) groups is 1. The van der Waals surface area contributed by atoms with Crippen LogP contribution in [0.5, 0.6) is 5.75 Å². The van der Waals surface area contributed by atoms with Crippen molar-refractivity contribution in [3.05, 3.63) is 48.0 Å². The maximum atomic E-state index is 12.3. The van der Waals surface area contributed by atoms with Gasteiger partial charge in [0.1, 0.15) is 5.75 Å². The lowest BCUT2D eigenvalue weighted by atomic mass is 10.0. The zero-order chi connectivity index (χ0) is 18.5. The number of carbonyl (C=O) groups is 2. The highest BCUT2D eigenvalue weighted by atomic mass is 32.2. The third kappa shape index (κ3) is 4.95. The SMILES string of the molecule is O=C(COc1ccc2c(c1)CCC(=O)N2)Nc1ccc(SC(F)F)cc1. The van der Waals surface area contributed by atoms with Crippen LogP contribution in [0.25, 0.3) is 0 Å². The fourth-order valence-corrected chi connectivity index (χ4v) is 3.01. The van der Waals surface area contributed by atoms with Crippen LogP contribution in [0.2, 0.25) is 0 Å². The van der Waals surface area contributed by atoms with Crippen LogP contribution in [0.15, 0.2) is 47.4 Å². The van der Waals surface area contributed by atoms with Gasteiger partial charge in [0.25, 0.3) is 11.7 Å². The van der Waals surface area contributed by atoms with Gasteiger partial charge >= 0.3 is 0 Å². The van der Waals surface area contributed by atoms with Gasteiger partial charge in [0.15, 0.2) is 6.61 Å². The molecule has 8 heteroatoms. The molecular formula is C18H16F2N2O3S. The topological polar surface area (TPSA) is 67.4 Å². The summed E-state index contributed by atoms with van der Waals surface area (Å²) in [4.78, 5) is 23.7. The molecule has 0 radical (unpaired) electrons. The van der Waals surface area contributed by atoms with Gasteiger partial charge in [0, 0.05) is 22.7 Å². The Morgan fingerprint density at radius 3 is 2.69 bits per heavy atom.